The van der Waals surface area contributed by atoms with Crippen molar-refractivity contribution in [2.24, 2.45) is 0 Å². The summed E-state index contributed by atoms with van der Waals surface area (Å²) >= 11 is 0. The van der Waals surface area contributed by atoms with Gasteiger partial charge in [0.15, 0.2) is 0 Å². The standard InChI is InChI=1S/C24H26F3NO6S2.Na/c1-23(2,29)17-8-12-20-16(15-22(36(32,33)34)21(20)13-9-17)5-3-4-14-28-35(30,31)19-10-6-18(7-11-19)24(25,26)27;/h6-13,15,28-29H,3-5,14H2,1-2H3,(H,32,33,34);/q;+1/p-1. The average molecular weight is 568 g/mol. The van der Waals surface area contributed by atoms with E-state index in [0.717, 1.165) is 12.1 Å². The Labute approximate surface area is 236 Å². The van der Waals surface area contributed by atoms with Crippen molar-refractivity contribution in [2.75, 3.05) is 6.54 Å². The van der Waals surface area contributed by atoms with Crippen LogP contribution in [0.3, 0.4) is 0 Å². The minimum atomic E-state index is -4.76. The number of aliphatic hydroxyl groups is 1. The largest absolute Gasteiger partial charge is 1.00 e. The first-order valence-corrected chi connectivity index (χ1v) is 13.8. The van der Waals surface area contributed by atoms with E-state index in [0.29, 0.717) is 48.1 Å². The normalized spacial score (nSPS) is 12.9. The van der Waals surface area contributed by atoms with Crippen LogP contribution in [0.5, 0.6) is 0 Å². The molecular formula is C24H25F3NNaO6S2. The van der Waals surface area contributed by atoms with E-state index < -0.39 is 37.5 Å². The van der Waals surface area contributed by atoms with Gasteiger partial charge in [0.25, 0.3) is 0 Å². The number of sulfonamides is 1. The van der Waals surface area contributed by atoms with Gasteiger partial charge in [0.2, 0.25) is 10.0 Å². The topological polar surface area (TPSA) is 124 Å². The van der Waals surface area contributed by atoms with Gasteiger partial charge in [-0.25, -0.2) is 21.6 Å². The quantitative estimate of drug-likeness (QED) is 0.228. The van der Waals surface area contributed by atoms with E-state index in [1.807, 2.05) is 0 Å². The van der Waals surface area contributed by atoms with Crippen molar-refractivity contribution >= 4 is 20.1 Å². The maximum absolute atomic E-state index is 12.7. The smallest absolute Gasteiger partial charge is 0.744 e. The molecule has 0 radical (unpaired) electrons. The number of hydrogen-bond donors (Lipinski definition) is 2. The number of halogens is 3. The molecule has 2 N–H and O–H groups in total. The molecule has 0 unspecified atom stereocenters. The van der Waals surface area contributed by atoms with E-state index in [-0.39, 0.29) is 51.5 Å². The van der Waals surface area contributed by atoms with Crippen LogP contribution in [0.2, 0.25) is 0 Å². The van der Waals surface area contributed by atoms with Crippen LogP contribution in [0, 0.1) is 0 Å². The molecule has 1 aromatic carbocycles. The van der Waals surface area contributed by atoms with Gasteiger partial charge in [-0.1, -0.05) is 24.3 Å². The Kier molecular flexibility index (Phi) is 10.0. The molecule has 0 aromatic heterocycles. The van der Waals surface area contributed by atoms with E-state index in [1.165, 1.54) is 12.1 Å². The summed E-state index contributed by atoms with van der Waals surface area (Å²) in [7, 11) is -8.77. The molecule has 3 rings (SSSR count). The fourth-order valence-corrected chi connectivity index (χ4v) is 5.57. The second kappa shape index (κ2) is 11.7. The van der Waals surface area contributed by atoms with Crippen LogP contribution >= 0.6 is 0 Å². The van der Waals surface area contributed by atoms with Gasteiger partial charge in [-0.15, -0.1) is 0 Å². The van der Waals surface area contributed by atoms with Gasteiger partial charge in [0.05, 0.1) is 21.0 Å². The zero-order chi connectivity index (χ0) is 26.9. The Morgan fingerprint density at radius 3 is 1.92 bits per heavy atom. The number of rotatable bonds is 9. The van der Waals surface area contributed by atoms with Gasteiger partial charge in [0.1, 0.15) is 10.1 Å². The van der Waals surface area contributed by atoms with Crippen LogP contribution in [-0.4, -0.2) is 33.0 Å². The molecule has 196 valence electrons. The number of hydrogen-bond acceptors (Lipinski definition) is 6. The van der Waals surface area contributed by atoms with Crippen molar-refractivity contribution in [3.63, 3.8) is 0 Å². The molecule has 0 heterocycles. The molecule has 0 bridgehead atoms. The molecule has 0 amide bonds. The first-order chi connectivity index (χ1) is 16.5. The first-order valence-electron chi connectivity index (χ1n) is 10.9. The maximum atomic E-state index is 12.7. The number of aryl methyl sites for hydroxylation is 1. The van der Waals surface area contributed by atoms with E-state index >= 15 is 0 Å². The van der Waals surface area contributed by atoms with Crippen molar-refractivity contribution in [3.8, 4) is 11.1 Å². The molecule has 0 atom stereocenters. The number of alkyl halides is 3. The summed E-state index contributed by atoms with van der Waals surface area (Å²) in [4.78, 5) is -0.661. The van der Waals surface area contributed by atoms with Gasteiger partial charge in [-0.05, 0) is 85.7 Å². The maximum Gasteiger partial charge on any atom is 1.00 e. The van der Waals surface area contributed by atoms with Gasteiger partial charge < -0.3 is 9.66 Å². The zero-order valence-electron chi connectivity index (χ0n) is 20.5. The number of unbranched alkanes of at least 4 members (excludes halogenated alkanes) is 1. The molecule has 0 aliphatic heterocycles. The molecule has 2 aliphatic rings. The summed E-state index contributed by atoms with van der Waals surface area (Å²) < 4.78 is 100. The van der Waals surface area contributed by atoms with Crippen LogP contribution in [0.1, 0.15) is 43.4 Å². The fraction of sp³-hybridized carbons (Fsp3) is 0.333. The second-order valence-electron chi connectivity index (χ2n) is 8.87. The first kappa shape index (κ1) is 31.7. The minimum absolute atomic E-state index is 0. The Balaban J connectivity index is 0.00000481. The number of nitrogens with one attached hydrogen (secondary N) is 1. The van der Waals surface area contributed by atoms with E-state index in [1.54, 1.807) is 32.0 Å². The van der Waals surface area contributed by atoms with Crippen LogP contribution in [0.4, 0.5) is 13.2 Å². The summed E-state index contributed by atoms with van der Waals surface area (Å²) in [5.74, 6) is 0. The Morgan fingerprint density at radius 1 is 0.865 bits per heavy atom. The SMILES string of the molecule is CC(C)(O)c1ccc2c(CCCCNS(=O)(=O)c3ccc(C(F)(F)F)cc3)cc(S(=O)(=O)[O-])c-2cc1.[Na+]. The Hall–Kier alpha value is -1.51. The molecule has 2 aliphatic carbocycles. The summed E-state index contributed by atoms with van der Waals surface area (Å²) in [6.45, 7) is 3.15. The van der Waals surface area contributed by atoms with E-state index in [4.69, 9.17) is 0 Å². The third kappa shape index (κ3) is 7.99. The predicted octanol–water partition coefficient (Wildman–Crippen LogP) is 1.25. The molecule has 0 fully saturated rings. The van der Waals surface area contributed by atoms with Crippen LogP contribution in [0.15, 0.2) is 64.4 Å². The minimum Gasteiger partial charge on any atom is -0.744 e. The third-order valence-electron chi connectivity index (χ3n) is 5.70. The second-order valence-corrected chi connectivity index (χ2v) is 12.0. The summed E-state index contributed by atoms with van der Waals surface area (Å²) in [5.41, 5.74) is -0.258. The van der Waals surface area contributed by atoms with Gasteiger partial charge in [-0.3, -0.25) is 0 Å². The van der Waals surface area contributed by atoms with E-state index in [9.17, 15) is 39.7 Å². The third-order valence-corrected chi connectivity index (χ3v) is 8.05. The summed E-state index contributed by atoms with van der Waals surface area (Å²) in [5, 5.41) is 10.3. The molecule has 0 saturated heterocycles. The van der Waals surface area contributed by atoms with Crippen molar-refractivity contribution in [1.29, 1.82) is 0 Å². The van der Waals surface area contributed by atoms with Crippen LogP contribution in [-0.2, 0) is 38.3 Å². The summed E-state index contributed by atoms with van der Waals surface area (Å²) in [6, 6.07) is 10.8. The zero-order valence-corrected chi connectivity index (χ0v) is 24.1. The van der Waals surface area contributed by atoms with Crippen LogP contribution in [0.25, 0.3) is 11.1 Å². The number of fused-ring (bicyclic) bond motifs is 1. The van der Waals surface area contributed by atoms with Gasteiger partial charge in [0, 0.05) is 6.54 Å². The molecule has 0 spiro atoms. The van der Waals surface area contributed by atoms with Crippen molar-refractivity contribution in [1.82, 2.24) is 4.72 Å². The monoisotopic (exact) mass is 567 g/mol. The van der Waals surface area contributed by atoms with Crippen molar-refractivity contribution in [2.45, 2.75) is 54.7 Å². The molecule has 13 heteroatoms. The summed E-state index contributed by atoms with van der Waals surface area (Å²) in [6.07, 6.45) is -3.45. The van der Waals surface area contributed by atoms with Crippen LogP contribution < -0.4 is 34.3 Å². The van der Waals surface area contributed by atoms with Gasteiger partial charge >= 0.3 is 35.7 Å². The number of benzene rings is 1. The van der Waals surface area contributed by atoms with E-state index in [2.05, 4.69) is 4.72 Å². The molecule has 37 heavy (non-hydrogen) atoms. The molecule has 0 saturated carbocycles. The molecule has 7 nitrogen and oxygen atoms in total. The Morgan fingerprint density at radius 2 is 1.41 bits per heavy atom. The molecular weight excluding hydrogens is 542 g/mol. The van der Waals surface area contributed by atoms with Crippen molar-refractivity contribution < 1.29 is 69.2 Å². The average Bonchev–Trinajstić information content (AvgIpc) is 2.94. The Bertz CT molecular complexity index is 1420. The predicted molar refractivity (Wildman–Crippen MR) is 126 cm³/mol. The van der Waals surface area contributed by atoms with Gasteiger partial charge in [-0.2, -0.15) is 13.2 Å². The van der Waals surface area contributed by atoms with Crippen molar-refractivity contribution in [3.05, 3.63) is 71.3 Å². The molecule has 1 aromatic rings. The fourth-order valence-electron chi connectivity index (χ4n) is 3.76.